The first kappa shape index (κ1) is 23.2. The Kier molecular flexibility index (Phi) is 6.73. The Labute approximate surface area is 181 Å². The SMILES string of the molecule is CCC(CC1CC2=CC(=O)[C@@](C)(O)[C@@H](OC(=O)c3c(C)cc(O)cc3O)[C@@H]2CO1)OC. The van der Waals surface area contributed by atoms with Gasteiger partial charge in [-0.2, -0.15) is 0 Å². The molecule has 1 heterocycles. The summed E-state index contributed by atoms with van der Waals surface area (Å²) < 4.78 is 17.0. The lowest BCUT2D eigenvalue weighted by Gasteiger charge is -2.44. The van der Waals surface area contributed by atoms with Crippen LogP contribution in [0.15, 0.2) is 23.8 Å². The summed E-state index contributed by atoms with van der Waals surface area (Å²) in [6.07, 6.45) is 2.15. The van der Waals surface area contributed by atoms with E-state index in [1.54, 1.807) is 14.0 Å². The largest absolute Gasteiger partial charge is 0.508 e. The Bertz CT molecular complexity index is 861. The fourth-order valence-corrected chi connectivity index (χ4v) is 4.37. The van der Waals surface area contributed by atoms with Crippen molar-refractivity contribution in [3.8, 4) is 11.5 Å². The van der Waals surface area contributed by atoms with Crippen LogP contribution in [-0.2, 0) is 19.0 Å². The molecule has 8 heteroatoms. The van der Waals surface area contributed by atoms with Gasteiger partial charge in [-0.1, -0.05) is 12.5 Å². The van der Waals surface area contributed by atoms with E-state index >= 15 is 0 Å². The average molecular weight is 434 g/mol. The molecule has 3 N–H and O–H groups in total. The molecule has 0 bridgehead atoms. The highest BCUT2D eigenvalue weighted by molar-refractivity contribution is 6.00. The number of phenols is 2. The van der Waals surface area contributed by atoms with Gasteiger partial charge in [0.05, 0.1) is 18.8 Å². The van der Waals surface area contributed by atoms with E-state index in [2.05, 4.69) is 0 Å². The van der Waals surface area contributed by atoms with Gasteiger partial charge < -0.3 is 29.5 Å². The minimum atomic E-state index is -1.93. The summed E-state index contributed by atoms with van der Waals surface area (Å²) in [6.45, 7) is 5.06. The first-order chi connectivity index (χ1) is 14.6. The van der Waals surface area contributed by atoms with Crippen molar-refractivity contribution in [2.24, 2.45) is 5.92 Å². The average Bonchev–Trinajstić information content (AvgIpc) is 2.69. The van der Waals surface area contributed by atoms with E-state index < -0.39 is 35.1 Å². The summed E-state index contributed by atoms with van der Waals surface area (Å²) in [5.74, 6) is -2.55. The maximum Gasteiger partial charge on any atom is 0.342 e. The predicted molar refractivity (Wildman–Crippen MR) is 111 cm³/mol. The number of carbonyl (C=O) groups excluding carboxylic acids is 2. The molecule has 5 atom stereocenters. The van der Waals surface area contributed by atoms with Crippen LogP contribution >= 0.6 is 0 Å². The molecule has 2 unspecified atom stereocenters. The molecule has 0 saturated carbocycles. The lowest BCUT2D eigenvalue weighted by Crippen LogP contribution is -2.57. The van der Waals surface area contributed by atoms with Gasteiger partial charge in [0.1, 0.15) is 23.2 Å². The van der Waals surface area contributed by atoms with Crippen molar-refractivity contribution in [1.29, 1.82) is 0 Å². The Morgan fingerprint density at radius 3 is 2.68 bits per heavy atom. The quantitative estimate of drug-likeness (QED) is 0.584. The van der Waals surface area contributed by atoms with Crippen LogP contribution in [0, 0.1) is 12.8 Å². The van der Waals surface area contributed by atoms with Gasteiger partial charge in [0.15, 0.2) is 11.4 Å². The second kappa shape index (κ2) is 8.98. The van der Waals surface area contributed by atoms with Gasteiger partial charge in [-0.25, -0.2) is 4.79 Å². The zero-order chi connectivity index (χ0) is 22.9. The van der Waals surface area contributed by atoms with Crippen molar-refractivity contribution >= 4 is 11.8 Å². The monoisotopic (exact) mass is 434 g/mol. The normalized spacial score (nSPS) is 29.1. The summed E-state index contributed by atoms with van der Waals surface area (Å²) in [5.41, 5.74) is -0.982. The topological polar surface area (TPSA) is 123 Å². The highest BCUT2D eigenvalue weighted by atomic mass is 16.6. The van der Waals surface area contributed by atoms with Crippen LogP contribution in [0.2, 0.25) is 0 Å². The number of aryl methyl sites for hydroxylation is 1. The number of ketones is 1. The lowest BCUT2D eigenvalue weighted by molar-refractivity contribution is -0.156. The summed E-state index contributed by atoms with van der Waals surface area (Å²) in [7, 11) is 1.65. The van der Waals surface area contributed by atoms with Crippen LogP contribution in [0.3, 0.4) is 0 Å². The molecular weight excluding hydrogens is 404 g/mol. The zero-order valence-corrected chi connectivity index (χ0v) is 18.3. The summed E-state index contributed by atoms with van der Waals surface area (Å²) in [5, 5.41) is 30.6. The predicted octanol–water partition coefficient (Wildman–Crippen LogP) is 2.41. The van der Waals surface area contributed by atoms with Crippen LogP contribution in [-0.4, -0.2) is 64.7 Å². The second-order valence-corrected chi connectivity index (χ2v) is 8.48. The highest BCUT2D eigenvalue weighted by Crippen LogP contribution is 2.40. The van der Waals surface area contributed by atoms with Crippen molar-refractivity contribution in [3.63, 3.8) is 0 Å². The Morgan fingerprint density at radius 1 is 1.35 bits per heavy atom. The Hall–Kier alpha value is -2.42. The number of fused-ring (bicyclic) bond motifs is 1. The summed E-state index contributed by atoms with van der Waals surface area (Å²) in [4.78, 5) is 25.5. The molecular formula is C23H30O8. The molecule has 31 heavy (non-hydrogen) atoms. The van der Waals surface area contributed by atoms with E-state index in [1.807, 2.05) is 6.92 Å². The molecule has 1 aliphatic carbocycles. The number of esters is 1. The van der Waals surface area contributed by atoms with Crippen LogP contribution in [0.1, 0.15) is 49.0 Å². The summed E-state index contributed by atoms with van der Waals surface area (Å²) >= 11 is 0. The molecule has 1 fully saturated rings. The molecule has 1 aromatic rings. The van der Waals surface area contributed by atoms with Gasteiger partial charge in [-0.15, -0.1) is 0 Å². The number of phenolic OH excluding ortho intramolecular Hbond substituents is 2. The van der Waals surface area contributed by atoms with E-state index in [0.29, 0.717) is 18.4 Å². The number of aliphatic hydroxyl groups is 1. The first-order valence-corrected chi connectivity index (χ1v) is 10.4. The number of hydrogen-bond donors (Lipinski definition) is 3. The number of methoxy groups -OCH3 is 1. The molecule has 0 amide bonds. The molecule has 0 radical (unpaired) electrons. The molecule has 1 saturated heterocycles. The van der Waals surface area contributed by atoms with Crippen molar-refractivity contribution in [2.75, 3.05) is 13.7 Å². The van der Waals surface area contributed by atoms with Crippen LogP contribution in [0.5, 0.6) is 11.5 Å². The van der Waals surface area contributed by atoms with Gasteiger partial charge in [-0.3, -0.25) is 4.79 Å². The minimum absolute atomic E-state index is 0.0404. The van der Waals surface area contributed by atoms with Crippen LogP contribution < -0.4 is 0 Å². The van der Waals surface area contributed by atoms with E-state index in [-0.39, 0.29) is 30.1 Å². The summed E-state index contributed by atoms with van der Waals surface area (Å²) in [6, 6.07) is 2.35. The van der Waals surface area contributed by atoms with Crippen molar-refractivity contribution in [3.05, 3.63) is 34.9 Å². The zero-order valence-electron chi connectivity index (χ0n) is 18.3. The third-order valence-corrected chi connectivity index (χ3v) is 6.24. The van der Waals surface area contributed by atoms with Gasteiger partial charge in [0.25, 0.3) is 0 Å². The van der Waals surface area contributed by atoms with Crippen LogP contribution in [0.4, 0.5) is 0 Å². The molecule has 3 rings (SSSR count). The van der Waals surface area contributed by atoms with E-state index in [9.17, 15) is 24.9 Å². The Morgan fingerprint density at radius 2 is 2.06 bits per heavy atom. The number of rotatable bonds is 6. The van der Waals surface area contributed by atoms with Crippen molar-refractivity contribution < 1.29 is 39.1 Å². The van der Waals surface area contributed by atoms with Crippen molar-refractivity contribution in [2.45, 2.75) is 63.9 Å². The minimum Gasteiger partial charge on any atom is -0.508 e. The molecule has 0 aromatic heterocycles. The second-order valence-electron chi connectivity index (χ2n) is 8.48. The number of hydrogen-bond acceptors (Lipinski definition) is 8. The first-order valence-electron chi connectivity index (χ1n) is 10.4. The molecule has 1 aliphatic heterocycles. The standard InChI is InChI=1S/C23H30O8/c1-5-15(29-4)10-16-7-13-8-19(26)23(3,28)21(17(13)11-30-16)31-22(27)20-12(2)6-14(24)9-18(20)25/h6,8-9,15-17,21,24-25,28H,5,7,10-11H2,1-4H3/t15?,16?,17-,21+,23-/m1/s1. The fourth-order valence-electron chi connectivity index (χ4n) is 4.37. The third-order valence-electron chi connectivity index (χ3n) is 6.24. The highest BCUT2D eigenvalue weighted by Gasteiger charge is 2.52. The maximum atomic E-state index is 12.9. The van der Waals surface area contributed by atoms with E-state index in [1.165, 1.54) is 19.1 Å². The number of ether oxygens (including phenoxy) is 3. The molecule has 2 aliphatic rings. The molecule has 170 valence electrons. The lowest BCUT2D eigenvalue weighted by atomic mass is 9.73. The number of carbonyl (C=O) groups is 2. The fraction of sp³-hybridized carbons (Fsp3) is 0.565. The van der Waals surface area contributed by atoms with E-state index in [0.717, 1.165) is 18.1 Å². The number of benzene rings is 1. The van der Waals surface area contributed by atoms with Crippen molar-refractivity contribution in [1.82, 2.24) is 0 Å². The molecule has 1 aromatic carbocycles. The Balaban J connectivity index is 1.84. The van der Waals surface area contributed by atoms with E-state index in [4.69, 9.17) is 14.2 Å². The van der Waals surface area contributed by atoms with Gasteiger partial charge in [0, 0.05) is 25.5 Å². The van der Waals surface area contributed by atoms with Gasteiger partial charge in [-0.05, 0) is 44.4 Å². The van der Waals surface area contributed by atoms with Gasteiger partial charge in [0.2, 0.25) is 0 Å². The number of aromatic hydroxyl groups is 2. The molecule has 8 nitrogen and oxygen atoms in total. The third kappa shape index (κ3) is 4.61. The maximum absolute atomic E-state index is 12.9. The van der Waals surface area contributed by atoms with Crippen LogP contribution in [0.25, 0.3) is 0 Å². The smallest absolute Gasteiger partial charge is 0.342 e. The molecule has 0 spiro atoms. The van der Waals surface area contributed by atoms with Gasteiger partial charge >= 0.3 is 5.97 Å².